The Labute approximate surface area is 119 Å². The van der Waals surface area contributed by atoms with Gasteiger partial charge >= 0.3 is 0 Å². The minimum Gasteiger partial charge on any atom is -0.309 e. The van der Waals surface area contributed by atoms with Gasteiger partial charge in [0.15, 0.2) is 0 Å². The topological polar surface area (TPSA) is 49.0 Å². The van der Waals surface area contributed by atoms with Crippen LogP contribution in [0.1, 0.15) is 37.7 Å². The predicted octanol–water partition coefficient (Wildman–Crippen LogP) is 2.05. The summed E-state index contributed by atoms with van der Waals surface area (Å²) in [5.41, 5.74) is 0.836. The van der Waals surface area contributed by atoms with Gasteiger partial charge in [0, 0.05) is 23.1 Å². The van der Waals surface area contributed by atoms with Crippen LogP contribution in [-0.4, -0.2) is 39.5 Å². The van der Waals surface area contributed by atoms with Gasteiger partial charge in [-0.1, -0.05) is 13.3 Å². The van der Waals surface area contributed by atoms with Gasteiger partial charge in [-0.2, -0.15) is 11.8 Å². The third-order valence-corrected chi connectivity index (χ3v) is 5.05. The Kier molecular flexibility index (Phi) is 5.05. The van der Waals surface area contributed by atoms with Crippen molar-refractivity contribution in [3.63, 3.8) is 0 Å². The van der Waals surface area contributed by atoms with E-state index in [0.717, 1.165) is 24.5 Å². The summed E-state index contributed by atoms with van der Waals surface area (Å²) in [6.07, 6.45) is 6.85. The Balaban J connectivity index is 2.08. The van der Waals surface area contributed by atoms with Crippen molar-refractivity contribution in [2.75, 3.05) is 13.3 Å². The summed E-state index contributed by atoms with van der Waals surface area (Å²) in [7, 11) is 2.14. The van der Waals surface area contributed by atoms with E-state index in [1.54, 1.807) is 6.07 Å². The standard InChI is InChI=1S/C14H23N3OS/c1-4-10-8-14(18)16-13(15-10)9-17(2)11-6-5-7-12(11)19-3/h8,11-12H,4-7,9H2,1-3H3,(H,15,16,18)/t11-,12-/m0/s1. The molecule has 1 N–H and O–H groups in total. The molecule has 1 aromatic rings. The van der Waals surface area contributed by atoms with Gasteiger partial charge in [0.1, 0.15) is 5.82 Å². The Morgan fingerprint density at radius 2 is 2.32 bits per heavy atom. The van der Waals surface area contributed by atoms with Crippen LogP contribution in [0.2, 0.25) is 0 Å². The lowest BCUT2D eigenvalue weighted by molar-refractivity contribution is 0.235. The molecule has 0 spiro atoms. The Bertz CT molecular complexity index is 474. The lowest BCUT2D eigenvalue weighted by atomic mass is 10.2. The first-order chi connectivity index (χ1) is 9.13. The van der Waals surface area contributed by atoms with E-state index in [1.807, 2.05) is 18.7 Å². The molecular formula is C14H23N3OS. The monoisotopic (exact) mass is 281 g/mol. The molecule has 106 valence electrons. The summed E-state index contributed by atoms with van der Waals surface area (Å²) >= 11 is 1.96. The third kappa shape index (κ3) is 3.60. The van der Waals surface area contributed by atoms with Crippen LogP contribution in [0.15, 0.2) is 10.9 Å². The molecule has 2 atom stereocenters. The van der Waals surface area contributed by atoms with E-state index < -0.39 is 0 Å². The van der Waals surface area contributed by atoms with Crippen molar-refractivity contribution in [3.05, 3.63) is 27.9 Å². The maximum absolute atomic E-state index is 11.6. The number of thioether (sulfide) groups is 1. The van der Waals surface area contributed by atoms with Crippen molar-refractivity contribution < 1.29 is 0 Å². The molecule has 0 radical (unpaired) electrons. The van der Waals surface area contributed by atoms with Crippen molar-refractivity contribution in [1.82, 2.24) is 14.9 Å². The highest BCUT2D eigenvalue weighted by molar-refractivity contribution is 7.99. The van der Waals surface area contributed by atoms with Crippen LogP contribution in [0.5, 0.6) is 0 Å². The normalized spacial score (nSPS) is 23.2. The molecule has 1 aliphatic rings. The van der Waals surface area contributed by atoms with Gasteiger partial charge < -0.3 is 4.98 Å². The van der Waals surface area contributed by atoms with E-state index in [-0.39, 0.29) is 5.56 Å². The molecule has 0 unspecified atom stereocenters. The Morgan fingerprint density at radius 3 is 3.00 bits per heavy atom. The van der Waals surface area contributed by atoms with Crippen molar-refractivity contribution in [3.8, 4) is 0 Å². The summed E-state index contributed by atoms with van der Waals surface area (Å²) in [4.78, 5) is 21.3. The lowest BCUT2D eigenvalue weighted by Gasteiger charge is -2.28. The van der Waals surface area contributed by atoms with Gasteiger partial charge in [-0.15, -0.1) is 0 Å². The van der Waals surface area contributed by atoms with E-state index in [9.17, 15) is 4.79 Å². The van der Waals surface area contributed by atoms with Crippen LogP contribution in [0.4, 0.5) is 0 Å². The van der Waals surface area contributed by atoms with Gasteiger partial charge in [0.2, 0.25) is 0 Å². The maximum atomic E-state index is 11.6. The molecule has 0 amide bonds. The minimum absolute atomic E-state index is 0.0388. The largest absolute Gasteiger partial charge is 0.309 e. The summed E-state index contributed by atoms with van der Waals surface area (Å²) < 4.78 is 0. The van der Waals surface area contributed by atoms with Crippen molar-refractivity contribution in [2.45, 2.75) is 50.4 Å². The third-order valence-electron chi connectivity index (χ3n) is 3.89. The molecular weight excluding hydrogens is 258 g/mol. The zero-order valence-corrected chi connectivity index (χ0v) is 12.8. The average Bonchev–Trinajstić information content (AvgIpc) is 2.86. The van der Waals surface area contributed by atoms with Crippen molar-refractivity contribution >= 4 is 11.8 Å². The van der Waals surface area contributed by atoms with Gasteiger partial charge in [-0.25, -0.2) is 4.98 Å². The molecule has 1 aromatic heterocycles. The molecule has 2 rings (SSSR count). The van der Waals surface area contributed by atoms with E-state index in [1.165, 1.54) is 19.3 Å². The molecule has 1 saturated carbocycles. The quantitative estimate of drug-likeness (QED) is 0.897. The number of H-pyrrole nitrogens is 1. The first-order valence-electron chi connectivity index (χ1n) is 6.96. The smallest absolute Gasteiger partial charge is 0.251 e. The fourth-order valence-corrected chi connectivity index (χ4v) is 3.92. The van der Waals surface area contributed by atoms with Crippen molar-refractivity contribution in [1.29, 1.82) is 0 Å². The number of hydrogen-bond donors (Lipinski definition) is 1. The fraction of sp³-hybridized carbons (Fsp3) is 0.714. The highest BCUT2D eigenvalue weighted by Crippen LogP contribution is 2.31. The average molecular weight is 281 g/mol. The van der Waals surface area contributed by atoms with Crippen LogP contribution in [-0.2, 0) is 13.0 Å². The molecule has 1 fully saturated rings. The van der Waals surface area contributed by atoms with Gasteiger partial charge in [-0.05, 0) is 32.6 Å². The van der Waals surface area contributed by atoms with E-state index in [4.69, 9.17) is 0 Å². The SMILES string of the molecule is CCc1cc(=O)[nH]c(CN(C)[C@H]2CCC[C@@H]2SC)n1. The Morgan fingerprint density at radius 1 is 1.53 bits per heavy atom. The summed E-state index contributed by atoms with van der Waals surface area (Å²) in [6.45, 7) is 2.75. The predicted molar refractivity (Wildman–Crippen MR) is 80.6 cm³/mol. The first-order valence-corrected chi connectivity index (χ1v) is 8.25. The number of nitrogens with one attached hydrogen (secondary N) is 1. The fourth-order valence-electron chi connectivity index (χ4n) is 2.86. The van der Waals surface area contributed by atoms with Crippen LogP contribution >= 0.6 is 11.8 Å². The van der Waals surface area contributed by atoms with Crippen LogP contribution < -0.4 is 5.56 Å². The molecule has 0 aromatic carbocycles. The second-order valence-electron chi connectivity index (χ2n) is 5.22. The maximum Gasteiger partial charge on any atom is 0.251 e. The number of aryl methyl sites for hydroxylation is 1. The van der Waals surface area contributed by atoms with Gasteiger partial charge in [-0.3, -0.25) is 9.69 Å². The molecule has 5 heteroatoms. The zero-order chi connectivity index (χ0) is 13.8. The summed E-state index contributed by atoms with van der Waals surface area (Å²) in [6, 6.07) is 2.19. The second-order valence-corrected chi connectivity index (χ2v) is 6.30. The molecule has 1 heterocycles. The van der Waals surface area contributed by atoms with Crippen molar-refractivity contribution in [2.24, 2.45) is 0 Å². The van der Waals surface area contributed by atoms with Crippen LogP contribution in [0, 0.1) is 0 Å². The Hall–Kier alpha value is -0.810. The van der Waals surface area contributed by atoms with E-state index in [0.29, 0.717) is 11.3 Å². The number of hydrogen-bond acceptors (Lipinski definition) is 4. The zero-order valence-electron chi connectivity index (χ0n) is 12.0. The molecule has 4 nitrogen and oxygen atoms in total. The summed E-state index contributed by atoms with van der Waals surface area (Å²) in [5, 5.41) is 0.714. The molecule has 19 heavy (non-hydrogen) atoms. The van der Waals surface area contributed by atoms with Gasteiger partial charge in [0.05, 0.1) is 6.54 Å². The minimum atomic E-state index is -0.0388. The molecule has 0 saturated heterocycles. The number of rotatable bonds is 5. The van der Waals surface area contributed by atoms with Crippen LogP contribution in [0.25, 0.3) is 0 Å². The van der Waals surface area contributed by atoms with E-state index in [2.05, 4.69) is 28.2 Å². The number of aromatic nitrogens is 2. The van der Waals surface area contributed by atoms with Crippen LogP contribution in [0.3, 0.4) is 0 Å². The number of nitrogens with zero attached hydrogens (tertiary/aromatic N) is 2. The molecule has 0 aliphatic heterocycles. The van der Waals surface area contributed by atoms with E-state index >= 15 is 0 Å². The first kappa shape index (κ1) is 14.6. The van der Waals surface area contributed by atoms with Gasteiger partial charge in [0.25, 0.3) is 5.56 Å². The summed E-state index contributed by atoms with van der Waals surface area (Å²) in [5.74, 6) is 0.790. The number of aromatic amines is 1. The molecule has 0 bridgehead atoms. The highest BCUT2D eigenvalue weighted by atomic mass is 32.2. The lowest BCUT2D eigenvalue weighted by Crippen LogP contribution is -2.36. The highest BCUT2D eigenvalue weighted by Gasteiger charge is 2.29. The second kappa shape index (κ2) is 6.57. The molecule has 1 aliphatic carbocycles.